The van der Waals surface area contributed by atoms with Crippen LogP contribution in [0.15, 0.2) is 46.2 Å². The third-order valence-electron chi connectivity index (χ3n) is 9.26. The first-order chi connectivity index (χ1) is 28.6. The van der Waals surface area contributed by atoms with Gasteiger partial charge in [0, 0.05) is 0 Å². The predicted octanol–water partition coefficient (Wildman–Crippen LogP) is 9.31. The Morgan fingerprint density at radius 3 is 0.754 bits per heavy atom. The van der Waals surface area contributed by atoms with Crippen LogP contribution in [0.5, 0.6) is 0 Å². The zero-order valence-electron chi connectivity index (χ0n) is 36.7. The average Bonchev–Trinajstić information content (AvgIpc) is 3.21. The summed E-state index contributed by atoms with van der Waals surface area (Å²) in [6, 6.07) is 6.14. The smallest absolute Gasteiger partial charge is 0.744 e. The quantitative estimate of drug-likeness (QED) is 0.0234. The maximum absolute atomic E-state index is 12.3. The molecule has 0 N–H and O–H groups in total. The molecule has 17 heteroatoms. The zero-order chi connectivity index (χ0) is 44.8. The van der Waals surface area contributed by atoms with E-state index >= 15 is 0 Å². The molecule has 2 aromatic carbocycles. The number of rotatable bonds is 30. The fourth-order valence-corrected chi connectivity index (χ4v) is 6.86. The van der Waals surface area contributed by atoms with Crippen molar-refractivity contribution in [2.24, 2.45) is 0 Å². The maximum atomic E-state index is 12.3. The molecule has 0 atom stereocenters. The van der Waals surface area contributed by atoms with E-state index in [4.69, 9.17) is 18.9 Å². The van der Waals surface area contributed by atoms with Crippen molar-refractivity contribution >= 4 is 81.9 Å². The fourth-order valence-electron chi connectivity index (χ4n) is 5.77. The van der Waals surface area contributed by atoms with Crippen molar-refractivity contribution in [3.8, 4) is 0 Å². The molecule has 0 aliphatic rings. The molecule has 14 nitrogen and oxygen atoms in total. The van der Waals surface area contributed by atoms with Crippen molar-refractivity contribution in [1.82, 2.24) is 0 Å². The number of esters is 4. The second-order valence-electron chi connectivity index (χ2n) is 14.6. The molecule has 0 aliphatic heterocycles. The first-order valence-corrected chi connectivity index (χ1v) is 24.3. The van der Waals surface area contributed by atoms with E-state index in [0.29, 0.717) is 25.7 Å². The number of carbonyl (C=O) groups is 4. The van der Waals surface area contributed by atoms with Crippen LogP contribution in [-0.2, 0) is 39.2 Å². The van der Waals surface area contributed by atoms with Crippen LogP contribution in [0.2, 0.25) is 0 Å². The molecule has 0 radical (unpaired) electrons. The Kier molecular flexibility index (Phi) is 32.4. The number of unbranched alkanes of at least 4 members (excludes halogenated alkanes) is 16. The van der Waals surface area contributed by atoms with E-state index in [1.807, 2.05) is 0 Å². The Morgan fingerprint density at radius 2 is 0.574 bits per heavy atom. The summed E-state index contributed by atoms with van der Waals surface area (Å²) < 4.78 is 89.3. The molecule has 0 spiro atoms. The van der Waals surface area contributed by atoms with Crippen LogP contribution in [0.25, 0.3) is 0 Å². The molecule has 0 aliphatic carbocycles. The van der Waals surface area contributed by atoms with E-state index in [1.165, 1.54) is 12.1 Å². The molecule has 0 bridgehead atoms. The predicted molar refractivity (Wildman–Crippen MR) is 231 cm³/mol. The fraction of sp³-hybridized carbons (Fsp3) is 0.636. The van der Waals surface area contributed by atoms with Crippen LogP contribution in [0, 0.1) is 0 Å². The molecule has 340 valence electrons. The number of benzene rings is 2. The summed E-state index contributed by atoms with van der Waals surface area (Å²) in [6.45, 7) is 9.17. The normalized spacial score (nSPS) is 11.1. The van der Waals surface area contributed by atoms with Gasteiger partial charge >= 0.3 is 61.6 Å². The van der Waals surface area contributed by atoms with Gasteiger partial charge in [0.2, 0.25) is 0 Å². The largest absolute Gasteiger partial charge is 2.00 e. The standard InChI is InChI=1S/2C22H34O7S.Ca/c2*1-3-5-7-9-11-13-28-21(23)18-15-19(17-20(16-18)30(25,26)27)22(24)29-14-12-10-8-6-4-2;/h2*15-17H,3-14H2,1-2H3,(H,25,26,27);/q;;+2/p-2. The maximum Gasteiger partial charge on any atom is 2.00 e. The number of carbonyl (C=O) groups excluding carboxylic acids is 4. The Hall–Kier alpha value is -2.60. The van der Waals surface area contributed by atoms with Gasteiger partial charge in [0.1, 0.15) is 20.2 Å². The van der Waals surface area contributed by atoms with Crippen LogP contribution in [0.1, 0.15) is 198 Å². The molecule has 2 aromatic rings. The molecule has 61 heavy (non-hydrogen) atoms. The molecule has 0 amide bonds. The molecule has 0 saturated heterocycles. The third-order valence-corrected chi connectivity index (χ3v) is 10.9. The molecule has 0 heterocycles. The van der Waals surface area contributed by atoms with Gasteiger partial charge in [-0.3, -0.25) is 0 Å². The van der Waals surface area contributed by atoms with E-state index in [-0.39, 0.29) is 86.4 Å². The van der Waals surface area contributed by atoms with E-state index in [9.17, 15) is 45.1 Å². The van der Waals surface area contributed by atoms with Gasteiger partial charge in [-0.2, -0.15) is 0 Å². The van der Waals surface area contributed by atoms with Crippen molar-refractivity contribution in [3.05, 3.63) is 58.7 Å². The Labute approximate surface area is 394 Å². The molecular weight excluding hydrogens is 857 g/mol. The number of hydrogen-bond acceptors (Lipinski definition) is 14. The monoisotopic (exact) mass is 922 g/mol. The van der Waals surface area contributed by atoms with Crippen LogP contribution < -0.4 is 0 Å². The molecule has 0 fully saturated rings. The zero-order valence-corrected chi connectivity index (χ0v) is 40.5. The Balaban J connectivity index is 0.00000116. The second kappa shape index (κ2) is 33.9. The minimum Gasteiger partial charge on any atom is -0.744 e. The second-order valence-corrected chi connectivity index (χ2v) is 17.4. The topological polar surface area (TPSA) is 220 Å². The van der Waals surface area contributed by atoms with Gasteiger partial charge in [0.15, 0.2) is 0 Å². The Morgan fingerprint density at radius 1 is 0.377 bits per heavy atom. The van der Waals surface area contributed by atoms with Crippen molar-refractivity contribution in [3.63, 3.8) is 0 Å². The van der Waals surface area contributed by atoms with Crippen molar-refractivity contribution in [1.29, 1.82) is 0 Å². The third kappa shape index (κ3) is 26.6. The summed E-state index contributed by atoms with van der Waals surface area (Å²) in [5, 5.41) is 0. The summed E-state index contributed by atoms with van der Waals surface area (Å²) in [7, 11) is -9.70. The minimum absolute atomic E-state index is 0. The van der Waals surface area contributed by atoms with E-state index in [1.54, 1.807) is 0 Å². The summed E-state index contributed by atoms with van der Waals surface area (Å²) >= 11 is 0. The molecule has 0 saturated carbocycles. The van der Waals surface area contributed by atoms with Gasteiger partial charge in [-0.1, -0.05) is 130 Å². The Bertz CT molecular complexity index is 1590. The first-order valence-electron chi connectivity index (χ1n) is 21.5. The van der Waals surface area contributed by atoms with Crippen LogP contribution in [0.4, 0.5) is 0 Å². The van der Waals surface area contributed by atoms with E-state index in [2.05, 4.69) is 27.7 Å². The number of ether oxygens (including phenoxy) is 4. The molecule has 0 aromatic heterocycles. The van der Waals surface area contributed by atoms with Crippen LogP contribution >= 0.6 is 0 Å². The van der Waals surface area contributed by atoms with Gasteiger partial charge < -0.3 is 28.1 Å². The van der Waals surface area contributed by atoms with Crippen LogP contribution in [0.3, 0.4) is 0 Å². The number of hydrogen-bond donors (Lipinski definition) is 0. The van der Waals surface area contributed by atoms with Gasteiger partial charge in [-0.05, 0) is 62.1 Å². The van der Waals surface area contributed by atoms with E-state index < -0.39 is 53.9 Å². The van der Waals surface area contributed by atoms with Crippen molar-refractivity contribution in [2.75, 3.05) is 26.4 Å². The molecule has 0 unspecified atom stereocenters. The first kappa shape index (κ1) is 58.4. The van der Waals surface area contributed by atoms with Gasteiger partial charge in [-0.25, -0.2) is 36.0 Å². The van der Waals surface area contributed by atoms with Gasteiger partial charge in [0.05, 0.1) is 58.5 Å². The van der Waals surface area contributed by atoms with Crippen molar-refractivity contribution < 1.29 is 64.1 Å². The van der Waals surface area contributed by atoms with Crippen molar-refractivity contribution in [2.45, 2.75) is 166 Å². The SMILES string of the molecule is CCCCCCCOC(=O)c1cc(C(=O)OCCCCCCC)cc(S(=O)(=O)[O-])c1.CCCCCCCOC(=O)c1cc(C(=O)OCCCCCCC)cc(S(=O)(=O)[O-])c1.[Ca+2]. The summed E-state index contributed by atoms with van der Waals surface area (Å²) in [6.07, 6.45) is 19.5. The average molecular weight is 923 g/mol. The summed E-state index contributed by atoms with van der Waals surface area (Å²) in [5.74, 6) is -3.09. The summed E-state index contributed by atoms with van der Waals surface area (Å²) in [4.78, 5) is 47.8. The molecule has 2 rings (SSSR count). The van der Waals surface area contributed by atoms with Crippen LogP contribution in [-0.4, -0.2) is 114 Å². The van der Waals surface area contributed by atoms with Gasteiger partial charge in [0.25, 0.3) is 0 Å². The summed E-state index contributed by atoms with van der Waals surface area (Å²) in [5.41, 5.74) is -0.628. The van der Waals surface area contributed by atoms with Gasteiger partial charge in [-0.15, -0.1) is 0 Å². The van der Waals surface area contributed by atoms with E-state index in [0.717, 1.165) is 127 Å². The molecular formula is C44H66CaO14S2. The minimum atomic E-state index is -4.85.